The predicted molar refractivity (Wildman–Crippen MR) is 78.6 cm³/mol. The van der Waals surface area contributed by atoms with E-state index in [1.54, 1.807) is 18.1 Å². The molecular weight excluding hydrogens is 298 g/mol. The highest BCUT2D eigenvalue weighted by atomic mass is 32.2. The molecule has 2 rings (SSSR count). The number of rotatable bonds is 5. The molecule has 1 aliphatic rings. The third kappa shape index (κ3) is 4.41. The summed E-state index contributed by atoms with van der Waals surface area (Å²) in [6.07, 6.45) is 2.12. The molecule has 1 aromatic heterocycles. The second-order valence-corrected chi connectivity index (χ2v) is 6.52. The van der Waals surface area contributed by atoms with Crippen LogP contribution in [0.25, 0.3) is 0 Å². The van der Waals surface area contributed by atoms with E-state index in [9.17, 15) is 9.59 Å². The summed E-state index contributed by atoms with van der Waals surface area (Å²) >= 11 is 3.15. The summed E-state index contributed by atoms with van der Waals surface area (Å²) in [4.78, 5) is 23.3. The predicted octanol–water partition coefficient (Wildman–Crippen LogP) is -0.355. The fourth-order valence-corrected chi connectivity index (χ4v) is 3.37. The molecule has 0 saturated carbocycles. The van der Waals surface area contributed by atoms with Crippen LogP contribution in [0.1, 0.15) is 6.42 Å². The Bertz CT molecular complexity index is 479. The van der Waals surface area contributed by atoms with Crippen LogP contribution in [0, 0.1) is 0 Å². The number of amides is 2. The first-order valence-electron chi connectivity index (χ1n) is 6.28. The summed E-state index contributed by atoms with van der Waals surface area (Å²) in [5.41, 5.74) is 0. The molecule has 20 heavy (non-hydrogen) atoms. The standard InChI is InChI=1S/C11H17N5O2S2/c1-16-7-13-15-11(16)20-5-3-12-10(18)8-6-19-4-2-9(17)14-8/h7-8H,2-6H2,1H3,(H,12,18)(H,14,17)/t8-/m1/s1. The van der Waals surface area contributed by atoms with Gasteiger partial charge in [0, 0.05) is 37.3 Å². The van der Waals surface area contributed by atoms with E-state index < -0.39 is 6.04 Å². The Balaban J connectivity index is 1.69. The van der Waals surface area contributed by atoms with E-state index >= 15 is 0 Å². The van der Waals surface area contributed by atoms with Crippen LogP contribution in [0.3, 0.4) is 0 Å². The lowest BCUT2D eigenvalue weighted by Gasteiger charge is -2.14. The van der Waals surface area contributed by atoms with Crippen LogP contribution in [0.15, 0.2) is 11.5 Å². The van der Waals surface area contributed by atoms with E-state index in [4.69, 9.17) is 0 Å². The lowest BCUT2D eigenvalue weighted by atomic mass is 10.3. The molecule has 110 valence electrons. The molecule has 7 nitrogen and oxygen atoms in total. The molecule has 2 heterocycles. The van der Waals surface area contributed by atoms with Gasteiger partial charge in [0.05, 0.1) is 0 Å². The molecule has 9 heteroatoms. The van der Waals surface area contributed by atoms with E-state index in [1.165, 1.54) is 11.8 Å². The van der Waals surface area contributed by atoms with Crippen molar-refractivity contribution in [1.29, 1.82) is 0 Å². The van der Waals surface area contributed by atoms with E-state index in [0.29, 0.717) is 24.5 Å². The summed E-state index contributed by atoms with van der Waals surface area (Å²) in [7, 11) is 1.87. The molecular formula is C11H17N5O2S2. The minimum absolute atomic E-state index is 0.0522. The quantitative estimate of drug-likeness (QED) is 0.570. The molecule has 2 amide bonds. The summed E-state index contributed by atoms with van der Waals surface area (Å²) in [6, 6.07) is -0.421. The average Bonchev–Trinajstić information content (AvgIpc) is 2.70. The van der Waals surface area contributed by atoms with E-state index in [1.807, 2.05) is 11.6 Å². The summed E-state index contributed by atoms with van der Waals surface area (Å²) < 4.78 is 1.83. The van der Waals surface area contributed by atoms with E-state index in [2.05, 4.69) is 20.8 Å². The van der Waals surface area contributed by atoms with Gasteiger partial charge in [0.15, 0.2) is 5.16 Å². The summed E-state index contributed by atoms with van der Waals surface area (Å²) in [6.45, 7) is 0.535. The van der Waals surface area contributed by atoms with Crippen molar-refractivity contribution in [1.82, 2.24) is 25.4 Å². The zero-order valence-corrected chi connectivity index (χ0v) is 12.8. The molecule has 0 unspecified atom stereocenters. The van der Waals surface area contributed by atoms with Gasteiger partial charge >= 0.3 is 0 Å². The van der Waals surface area contributed by atoms with Crippen molar-refractivity contribution in [2.75, 3.05) is 23.8 Å². The lowest BCUT2D eigenvalue weighted by Crippen LogP contribution is -2.47. The SMILES string of the molecule is Cn1cnnc1SCCNC(=O)[C@H]1CSCCC(=O)N1. The van der Waals surface area contributed by atoms with Crippen LogP contribution in [0.2, 0.25) is 0 Å². The number of nitrogens with zero attached hydrogens (tertiary/aromatic N) is 3. The fourth-order valence-electron chi connectivity index (χ4n) is 1.66. The van der Waals surface area contributed by atoms with Gasteiger partial charge in [0.25, 0.3) is 0 Å². The van der Waals surface area contributed by atoms with Crippen molar-refractivity contribution in [3.05, 3.63) is 6.33 Å². The van der Waals surface area contributed by atoms with Crippen molar-refractivity contribution >= 4 is 35.3 Å². The third-order valence-electron chi connectivity index (χ3n) is 2.71. The van der Waals surface area contributed by atoms with Crippen molar-refractivity contribution < 1.29 is 9.59 Å². The normalized spacial score (nSPS) is 19.2. The molecule has 0 bridgehead atoms. The van der Waals surface area contributed by atoms with E-state index in [0.717, 1.165) is 10.9 Å². The Morgan fingerprint density at radius 3 is 3.30 bits per heavy atom. The van der Waals surface area contributed by atoms with Crippen molar-refractivity contribution in [3.63, 3.8) is 0 Å². The highest BCUT2D eigenvalue weighted by molar-refractivity contribution is 7.99. The number of hydrogen-bond acceptors (Lipinski definition) is 6. The number of nitrogens with one attached hydrogen (secondary N) is 2. The van der Waals surface area contributed by atoms with Gasteiger partial charge in [-0.05, 0) is 0 Å². The van der Waals surface area contributed by atoms with Gasteiger partial charge in [-0.15, -0.1) is 10.2 Å². The Labute approximate surface area is 125 Å². The summed E-state index contributed by atoms with van der Waals surface area (Å²) in [5.74, 6) is 1.95. The molecule has 0 spiro atoms. The van der Waals surface area contributed by atoms with Gasteiger partial charge in [-0.25, -0.2) is 0 Å². The third-order valence-corrected chi connectivity index (χ3v) is 4.81. The zero-order valence-electron chi connectivity index (χ0n) is 11.2. The van der Waals surface area contributed by atoms with Crippen LogP contribution in [0.4, 0.5) is 0 Å². The molecule has 1 aromatic rings. The van der Waals surface area contributed by atoms with Crippen LogP contribution < -0.4 is 10.6 Å². The Morgan fingerprint density at radius 2 is 2.55 bits per heavy atom. The van der Waals surface area contributed by atoms with Gasteiger partial charge in [-0.3, -0.25) is 9.59 Å². The number of hydrogen-bond donors (Lipinski definition) is 2. The molecule has 1 saturated heterocycles. The second-order valence-electron chi connectivity index (χ2n) is 4.31. The van der Waals surface area contributed by atoms with Gasteiger partial charge in [0.2, 0.25) is 11.8 Å². The minimum Gasteiger partial charge on any atom is -0.353 e. The molecule has 1 atom stereocenters. The molecule has 1 fully saturated rings. The lowest BCUT2D eigenvalue weighted by molar-refractivity contribution is -0.128. The van der Waals surface area contributed by atoms with Crippen LogP contribution in [0.5, 0.6) is 0 Å². The van der Waals surface area contributed by atoms with E-state index in [-0.39, 0.29) is 11.8 Å². The van der Waals surface area contributed by atoms with Crippen molar-refractivity contribution in [3.8, 4) is 0 Å². The van der Waals surface area contributed by atoms with Crippen molar-refractivity contribution in [2.24, 2.45) is 7.05 Å². The zero-order chi connectivity index (χ0) is 14.4. The van der Waals surface area contributed by atoms with Gasteiger partial charge in [0.1, 0.15) is 12.4 Å². The Kier molecular flexibility index (Phi) is 5.72. The Morgan fingerprint density at radius 1 is 1.70 bits per heavy atom. The monoisotopic (exact) mass is 315 g/mol. The highest BCUT2D eigenvalue weighted by Gasteiger charge is 2.22. The molecule has 0 aliphatic carbocycles. The maximum Gasteiger partial charge on any atom is 0.243 e. The van der Waals surface area contributed by atoms with Gasteiger partial charge < -0.3 is 15.2 Å². The maximum atomic E-state index is 11.9. The van der Waals surface area contributed by atoms with Gasteiger partial charge in [-0.2, -0.15) is 11.8 Å². The first kappa shape index (κ1) is 15.2. The minimum atomic E-state index is -0.421. The second kappa shape index (κ2) is 7.53. The number of aryl methyl sites for hydroxylation is 1. The molecule has 2 N–H and O–H groups in total. The van der Waals surface area contributed by atoms with Crippen LogP contribution in [-0.4, -0.2) is 56.4 Å². The molecule has 1 aliphatic heterocycles. The topological polar surface area (TPSA) is 88.9 Å². The first-order valence-corrected chi connectivity index (χ1v) is 8.42. The first-order chi connectivity index (χ1) is 9.66. The Hall–Kier alpha value is -1.22. The fraction of sp³-hybridized carbons (Fsp3) is 0.636. The van der Waals surface area contributed by atoms with Crippen LogP contribution >= 0.6 is 23.5 Å². The molecule has 0 aromatic carbocycles. The summed E-state index contributed by atoms with van der Waals surface area (Å²) in [5, 5.41) is 14.1. The molecule has 0 radical (unpaired) electrons. The maximum absolute atomic E-state index is 11.9. The largest absolute Gasteiger partial charge is 0.353 e. The smallest absolute Gasteiger partial charge is 0.243 e. The number of carbonyl (C=O) groups is 2. The number of carbonyl (C=O) groups excluding carboxylic acids is 2. The van der Waals surface area contributed by atoms with Gasteiger partial charge in [-0.1, -0.05) is 11.8 Å². The number of aromatic nitrogens is 3. The van der Waals surface area contributed by atoms with Crippen molar-refractivity contribution in [2.45, 2.75) is 17.6 Å². The average molecular weight is 315 g/mol. The van der Waals surface area contributed by atoms with Crippen LogP contribution in [-0.2, 0) is 16.6 Å². The number of thioether (sulfide) groups is 2. The highest BCUT2D eigenvalue weighted by Crippen LogP contribution is 2.12.